The van der Waals surface area contributed by atoms with Crippen molar-refractivity contribution in [2.75, 3.05) is 0 Å². The van der Waals surface area contributed by atoms with Crippen molar-refractivity contribution < 1.29 is 34.2 Å². The Morgan fingerprint density at radius 2 is 1.52 bits per heavy atom. The number of hydrogen-bond donors (Lipinski definition) is 5. The van der Waals surface area contributed by atoms with Gasteiger partial charge in [0.05, 0.1) is 12.3 Å². The van der Waals surface area contributed by atoms with Gasteiger partial charge < -0.3 is 26.6 Å². The molecular formula is C29H31N3O7S. The normalized spacial score (nSPS) is 13.0. The van der Waals surface area contributed by atoms with E-state index >= 15 is 0 Å². The number of thiophene rings is 1. The summed E-state index contributed by atoms with van der Waals surface area (Å²) in [6.07, 6.45) is -1.09. The maximum atomic E-state index is 13.1. The average Bonchev–Trinajstić information content (AvgIpc) is 3.41. The number of carboxylic acids is 2. The second kappa shape index (κ2) is 14.0. The lowest BCUT2D eigenvalue weighted by molar-refractivity contribution is -0.141. The van der Waals surface area contributed by atoms with Gasteiger partial charge in [-0.3, -0.25) is 24.0 Å². The summed E-state index contributed by atoms with van der Waals surface area (Å²) in [6.45, 7) is 1.35. The molecule has 210 valence electrons. The summed E-state index contributed by atoms with van der Waals surface area (Å²) in [5.41, 5.74) is 9.09. The number of primary amides is 1. The maximum Gasteiger partial charge on any atom is 0.304 e. The highest BCUT2D eigenvalue weighted by Gasteiger charge is 2.29. The Morgan fingerprint density at radius 3 is 2.12 bits per heavy atom. The van der Waals surface area contributed by atoms with Crippen LogP contribution >= 0.6 is 11.3 Å². The molecule has 3 unspecified atom stereocenters. The monoisotopic (exact) mass is 565 g/mol. The number of carboxylic acid groups (broad SMARTS) is 2. The van der Waals surface area contributed by atoms with Gasteiger partial charge in [-0.15, -0.1) is 11.3 Å². The van der Waals surface area contributed by atoms with E-state index in [2.05, 4.69) is 22.1 Å². The van der Waals surface area contributed by atoms with Crippen LogP contribution in [0.1, 0.15) is 31.7 Å². The number of nitrogens with one attached hydrogen (secondary N) is 2. The number of nitrogens with two attached hydrogens (primary N) is 1. The number of hydrogen-bond acceptors (Lipinski definition) is 6. The van der Waals surface area contributed by atoms with Crippen LogP contribution in [0.3, 0.4) is 0 Å². The van der Waals surface area contributed by atoms with Crippen molar-refractivity contribution in [2.45, 2.75) is 44.7 Å². The lowest BCUT2D eigenvalue weighted by Crippen LogP contribution is -2.53. The first-order chi connectivity index (χ1) is 19.0. The fourth-order valence-corrected chi connectivity index (χ4v) is 4.96. The third-order valence-corrected chi connectivity index (χ3v) is 7.26. The Hall–Kier alpha value is -4.51. The molecule has 2 aromatic carbocycles. The van der Waals surface area contributed by atoms with E-state index in [0.717, 1.165) is 27.1 Å². The van der Waals surface area contributed by atoms with E-state index < -0.39 is 60.5 Å². The number of rotatable bonds is 14. The van der Waals surface area contributed by atoms with Crippen LogP contribution in [-0.2, 0) is 30.4 Å². The summed E-state index contributed by atoms with van der Waals surface area (Å²) in [5, 5.41) is 25.3. The molecule has 0 saturated heterocycles. The predicted octanol–water partition coefficient (Wildman–Crippen LogP) is 3.06. The molecule has 1 aromatic heterocycles. The first kappa shape index (κ1) is 30.0. The molecule has 10 nitrogen and oxygen atoms in total. The lowest BCUT2D eigenvalue weighted by atomic mass is 9.94. The Labute approximate surface area is 235 Å². The molecule has 3 atom stereocenters. The minimum atomic E-state index is -1.29. The van der Waals surface area contributed by atoms with Crippen LogP contribution in [0.5, 0.6) is 0 Å². The zero-order chi connectivity index (χ0) is 29.2. The molecular weight excluding hydrogens is 534 g/mol. The third kappa shape index (κ3) is 8.77. The summed E-state index contributed by atoms with van der Waals surface area (Å²) in [7, 11) is 0. The summed E-state index contributed by atoms with van der Waals surface area (Å²) in [5.74, 6) is -5.71. The van der Waals surface area contributed by atoms with Gasteiger partial charge in [-0.1, -0.05) is 54.6 Å². The first-order valence-electron chi connectivity index (χ1n) is 12.6. The summed E-state index contributed by atoms with van der Waals surface area (Å²) in [4.78, 5) is 60.7. The van der Waals surface area contributed by atoms with Gasteiger partial charge in [0.2, 0.25) is 17.7 Å². The van der Waals surface area contributed by atoms with Gasteiger partial charge >= 0.3 is 11.9 Å². The Morgan fingerprint density at radius 1 is 0.850 bits per heavy atom. The molecule has 11 heteroatoms. The van der Waals surface area contributed by atoms with Crippen LogP contribution in [0.15, 0.2) is 66.0 Å². The zero-order valence-corrected chi connectivity index (χ0v) is 22.6. The van der Waals surface area contributed by atoms with Crippen molar-refractivity contribution >= 4 is 41.0 Å². The number of amides is 3. The zero-order valence-electron chi connectivity index (χ0n) is 21.8. The van der Waals surface area contributed by atoms with Gasteiger partial charge in [0, 0.05) is 11.3 Å². The number of benzene rings is 2. The SMILES string of the molecule is CC(NC(=O)C(CCC(=O)O)NC(=O)C(CC(=O)O)Cc1ccc(-c2cc(-c3ccccc3)cs2)cc1)C(N)=O. The molecule has 3 aromatic rings. The summed E-state index contributed by atoms with van der Waals surface area (Å²) < 4.78 is 0. The average molecular weight is 566 g/mol. The molecule has 3 rings (SSSR count). The Balaban J connectivity index is 1.72. The fourth-order valence-electron chi connectivity index (χ4n) is 4.04. The van der Waals surface area contributed by atoms with Gasteiger partial charge in [0.1, 0.15) is 12.1 Å². The highest BCUT2D eigenvalue weighted by atomic mass is 32.1. The molecule has 0 aliphatic carbocycles. The van der Waals surface area contributed by atoms with E-state index in [0.29, 0.717) is 0 Å². The molecule has 0 fully saturated rings. The van der Waals surface area contributed by atoms with E-state index in [4.69, 9.17) is 10.8 Å². The van der Waals surface area contributed by atoms with E-state index in [-0.39, 0.29) is 12.8 Å². The minimum Gasteiger partial charge on any atom is -0.481 e. The highest BCUT2D eigenvalue weighted by Crippen LogP contribution is 2.33. The molecule has 40 heavy (non-hydrogen) atoms. The molecule has 0 spiro atoms. The lowest BCUT2D eigenvalue weighted by Gasteiger charge is -2.22. The van der Waals surface area contributed by atoms with Crippen LogP contribution in [0.25, 0.3) is 21.6 Å². The van der Waals surface area contributed by atoms with Gasteiger partial charge in [0.15, 0.2) is 0 Å². The van der Waals surface area contributed by atoms with Gasteiger partial charge in [-0.2, -0.15) is 0 Å². The Kier molecular flexibility index (Phi) is 10.5. The van der Waals surface area contributed by atoms with Crippen LogP contribution < -0.4 is 16.4 Å². The molecule has 1 heterocycles. The highest BCUT2D eigenvalue weighted by molar-refractivity contribution is 7.14. The molecule has 0 saturated carbocycles. The third-order valence-electron chi connectivity index (χ3n) is 6.28. The molecule has 0 aliphatic rings. The van der Waals surface area contributed by atoms with Crippen molar-refractivity contribution in [2.24, 2.45) is 11.7 Å². The molecule has 6 N–H and O–H groups in total. The summed E-state index contributed by atoms with van der Waals surface area (Å²) in [6, 6.07) is 17.2. The van der Waals surface area contributed by atoms with Gasteiger partial charge in [-0.25, -0.2) is 0 Å². The number of carbonyl (C=O) groups excluding carboxylic acids is 3. The molecule has 0 radical (unpaired) electrons. The van der Waals surface area contributed by atoms with E-state index in [9.17, 15) is 29.1 Å². The fraction of sp³-hybridized carbons (Fsp3) is 0.276. The van der Waals surface area contributed by atoms with Crippen LogP contribution in [0.2, 0.25) is 0 Å². The van der Waals surface area contributed by atoms with Crippen LogP contribution in [-0.4, -0.2) is 52.0 Å². The molecule has 3 amide bonds. The van der Waals surface area contributed by atoms with E-state index in [1.54, 1.807) is 11.3 Å². The number of aliphatic carboxylic acids is 2. The predicted molar refractivity (Wildman–Crippen MR) is 150 cm³/mol. The number of carbonyl (C=O) groups is 5. The van der Waals surface area contributed by atoms with E-state index in [1.165, 1.54) is 6.92 Å². The minimum absolute atomic E-state index is 0.0864. The second-order valence-electron chi connectivity index (χ2n) is 9.39. The van der Waals surface area contributed by atoms with Crippen molar-refractivity contribution in [3.63, 3.8) is 0 Å². The topological polar surface area (TPSA) is 176 Å². The Bertz CT molecular complexity index is 1360. The van der Waals surface area contributed by atoms with Crippen molar-refractivity contribution in [1.82, 2.24) is 10.6 Å². The quantitative estimate of drug-likeness (QED) is 0.199. The van der Waals surface area contributed by atoms with Crippen LogP contribution in [0.4, 0.5) is 0 Å². The molecule has 0 aliphatic heterocycles. The smallest absolute Gasteiger partial charge is 0.304 e. The summed E-state index contributed by atoms with van der Waals surface area (Å²) >= 11 is 1.60. The standard InChI is InChI=1S/C29H31N3O7S/c1-17(27(30)37)31-29(39)23(11-12-25(33)34)32-28(38)21(15-26(35)36)13-18-7-9-20(10-8-18)24-14-22(16-40-24)19-5-3-2-4-6-19/h2-10,14,16-17,21,23H,11-13,15H2,1H3,(H2,30,37)(H,31,39)(H,32,38)(H,33,34)(H,35,36). The van der Waals surface area contributed by atoms with Crippen molar-refractivity contribution in [3.05, 3.63) is 71.6 Å². The van der Waals surface area contributed by atoms with Crippen molar-refractivity contribution in [3.8, 4) is 21.6 Å². The van der Waals surface area contributed by atoms with Crippen molar-refractivity contribution in [1.29, 1.82) is 0 Å². The van der Waals surface area contributed by atoms with E-state index in [1.807, 2.05) is 54.6 Å². The van der Waals surface area contributed by atoms with Gasteiger partial charge in [-0.05, 0) is 53.5 Å². The van der Waals surface area contributed by atoms with Gasteiger partial charge in [0.25, 0.3) is 0 Å². The second-order valence-corrected chi connectivity index (χ2v) is 10.3. The van der Waals surface area contributed by atoms with Crippen LogP contribution in [0, 0.1) is 5.92 Å². The molecule has 0 bridgehead atoms. The first-order valence-corrected chi connectivity index (χ1v) is 13.5. The maximum absolute atomic E-state index is 13.1. The largest absolute Gasteiger partial charge is 0.481 e.